The molecule has 0 heterocycles. The van der Waals surface area contributed by atoms with Crippen molar-refractivity contribution in [2.75, 3.05) is 0 Å². The van der Waals surface area contributed by atoms with Crippen molar-refractivity contribution in [1.29, 1.82) is 0 Å². The average molecular weight is 224 g/mol. The fourth-order valence-electron chi connectivity index (χ4n) is 1.37. The van der Waals surface area contributed by atoms with Crippen LogP contribution in [-0.2, 0) is 4.79 Å². The molecule has 1 rings (SSSR count). The topological polar surface area (TPSA) is 54.4 Å². The molecule has 0 aliphatic carbocycles. The van der Waals surface area contributed by atoms with E-state index in [4.69, 9.17) is 5.11 Å². The number of carboxylic acid groups (broad SMARTS) is 1. The number of benzene rings is 1. The maximum Gasteiger partial charge on any atom is 0.303 e. The standard InChI is InChI=1S/C12H13FO3/c1-8(2-7-11(14)15)12(16)9-3-5-10(13)6-4-9/h3-6,8H,2,7H2,1H3,(H,14,15). The van der Waals surface area contributed by atoms with Crippen molar-refractivity contribution in [2.45, 2.75) is 19.8 Å². The molecule has 0 aromatic heterocycles. The number of ketones is 1. The van der Waals surface area contributed by atoms with E-state index in [-0.39, 0.29) is 18.1 Å². The third-order valence-corrected chi connectivity index (χ3v) is 2.37. The van der Waals surface area contributed by atoms with E-state index >= 15 is 0 Å². The largest absolute Gasteiger partial charge is 0.481 e. The van der Waals surface area contributed by atoms with Gasteiger partial charge in [-0.05, 0) is 30.7 Å². The Bertz CT molecular complexity index is 384. The molecule has 0 saturated heterocycles. The van der Waals surface area contributed by atoms with E-state index in [9.17, 15) is 14.0 Å². The number of carbonyl (C=O) groups excluding carboxylic acids is 1. The number of carboxylic acids is 1. The quantitative estimate of drug-likeness (QED) is 0.782. The molecule has 0 aliphatic heterocycles. The van der Waals surface area contributed by atoms with Crippen LogP contribution in [0.1, 0.15) is 30.1 Å². The van der Waals surface area contributed by atoms with Crippen molar-refractivity contribution in [3.05, 3.63) is 35.6 Å². The molecule has 0 aliphatic rings. The van der Waals surface area contributed by atoms with Crippen LogP contribution in [0.3, 0.4) is 0 Å². The zero-order valence-electron chi connectivity index (χ0n) is 8.94. The van der Waals surface area contributed by atoms with Crippen LogP contribution in [0.25, 0.3) is 0 Å². The highest BCUT2D eigenvalue weighted by Gasteiger charge is 2.16. The van der Waals surface area contributed by atoms with Crippen LogP contribution in [0, 0.1) is 11.7 Å². The van der Waals surface area contributed by atoms with Gasteiger partial charge in [0.15, 0.2) is 5.78 Å². The summed E-state index contributed by atoms with van der Waals surface area (Å²) in [6, 6.07) is 5.26. The van der Waals surface area contributed by atoms with E-state index in [1.54, 1.807) is 6.92 Å². The molecule has 1 aromatic rings. The average Bonchev–Trinajstić information content (AvgIpc) is 2.26. The first-order valence-electron chi connectivity index (χ1n) is 5.02. The Labute approximate surface area is 92.9 Å². The molecule has 16 heavy (non-hydrogen) atoms. The maximum absolute atomic E-state index is 12.6. The van der Waals surface area contributed by atoms with Crippen molar-refractivity contribution < 1.29 is 19.1 Å². The van der Waals surface area contributed by atoms with Crippen LogP contribution in [0.15, 0.2) is 24.3 Å². The highest BCUT2D eigenvalue weighted by Crippen LogP contribution is 2.14. The fraction of sp³-hybridized carbons (Fsp3) is 0.333. The lowest BCUT2D eigenvalue weighted by atomic mass is 9.95. The van der Waals surface area contributed by atoms with Crippen molar-refractivity contribution in [1.82, 2.24) is 0 Å². The van der Waals surface area contributed by atoms with Gasteiger partial charge in [-0.3, -0.25) is 9.59 Å². The van der Waals surface area contributed by atoms with Gasteiger partial charge < -0.3 is 5.11 Å². The summed E-state index contributed by atoms with van der Waals surface area (Å²) in [6.07, 6.45) is 0.264. The molecule has 1 aromatic carbocycles. The number of aliphatic carboxylic acids is 1. The molecule has 1 unspecified atom stereocenters. The smallest absolute Gasteiger partial charge is 0.303 e. The Balaban J connectivity index is 2.63. The molecule has 0 bridgehead atoms. The van der Waals surface area contributed by atoms with Crippen molar-refractivity contribution in [3.63, 3.8) is 0 Å². The molecular weight excluding hydrogens is 211 g/mol. The molecule has 0 radical (unpaired) electrons. The van der Waals surface area contributed by atoms with Crippen LogP contribution in [0.4, 0.5) is 4.39 Å². The molecule has 0 amide bonds. The Hall–Kier alpha value is -1.71. The van der Waals surface area contributed by atoms with E-state index in [0.29, 0.717) is 12.0 Å². The number of carbonyl (C=O) groups is 2. The summed E-state index contributed by atoms with van der Waals surface area (Å²) < 4.78 is 12.6. The van der Waals surface area contributed by atoms with Gasteiger partial charge in [-0.2, -0.15) is 0 Å². The second kappa shape index (κ2) is 5.39. The lowest BCUT2D eigenvalue weighted by Gasteiger charge is -2.08. The number of hydrogen-bond donors (Lipinski definition) is 1. The van der Waals surface area contributed by atoms with E-state index in [1.807, 2.05) is 0 Å². The van der Waals surface area contributed by atoms with Crippen molar-refractivity contribution in [2.24, 2.45) is 5.92 Å². The third-order valence-electron chi connectivity index (χ3n) is 2.37. The lowest BCUT2D eigenvalue weighted by molar-refractivity contribution is -0.137. The van der Waals surface area contributed by atoms with Gasteiger partial charge in [0, 0.05) is 17.9 Å². The van der Waals surface area contributed by atoms with Gasteiger partial charge in [0.2, 0.25) is 0 Å². The highest BCUT2D eigenvalue weighted by molar-refractivity contribution is 5.97. The SMILES string of the molecule is CC(CCC(=O)O)C(=O)c1ccc(F)cc1. The van der Waals surface area contributed by atoms with Crippen molar-refractivity contribution >= 4 is 11.8 Å². The van der Waals surface area contributed by atoms with Gasteiger partial charge in [-0.1, -0.05) is 6.92 Å². The lowest BCUT2D eigenvalue weighted by Crippen LogP contribution is -2.13. The van der Waals surface area contributed by atoms with Crippen LogP contribution in [-0.4, -0.2) is 16.9 Å². The molecule has 1 atom stereocenters. The maximum atomic E-state index is 12.6. The van der Waals surface area contributed by atoms with E-state index in [2.05, 4.69) is 0 Å². The summed E-state index contributed by atoms with van der Waals surface area (Å²) in [5, 5.41) is 8.49. The number of halogens is 1. The molecule has 0 saturated carbocycles. The van der Waals surface area contributed by atoms with Gasteiger partial charge in [0.25, 0.3) is 0 Å². The van der Waals surface area contributed by atoms with E-state index < -0.39 is 11.8 Å². The fourth-order valence-corrected chi connectivity index (χ4v) is 1.37. The molecule has 3 nitrogen and oxygen atoms in total. The predicted molar refractivity (Wildman–Crippen MR) is 56.8 cm³/mol. The molecule has 86 valence electrons. The first-order valence-corrected chi connectivity index (χ1v) is 5.02. The van der Waals surface area contributed by atoms with Crippen LogP contribution in [0.5, 0.6) is 0 Å². The Kier molecular flexibility index (Phi) is 4.17. The minimum atomic E-state index is -0.918. The molecular formula is C12H13FO3. The molecule has 4 heteroatoms. The summed E-state index contributed by atoms with van der Waals surface area (Å²) >= 11 is 0. The monoisotopic (exact) mass is 224 g/mol. The van der Waals surface area contributed by atoms with E-state index in [1.165, 1.54) is 24.3 Å². The Morgan fingerprint density at radius 3 is 2.38 bits per heavy atom. The summed E-state index contributed by atoms with van der Waals surface area (Å²) in [7, 11) is 0. The van der Waals surface area contributed by atoms with Gasteiger partial charge in [0.1, 0.15) is 5.82 Å². The number of Topliss-reactive ketones (excluding diaryl/α,β-unsaturated/α-hetero) is 1. The normalized spacial score (nSPS) is 12.1. The second-order valence-electron chi connectivity index (χ2n) is 3.70. The Morgan fingerprint density at radius 1 is 1.31 bits per heavy atom. The van der Waals surface area contributed by atoms with Gasteiger partial charge in [0.05, 0.1) is 0 Å². The summed E-state index contributed by atoms with van der Waals surface area (Å²) in [6.45, 7) is 1.68. The number of rotatable bonds is 5. The molecule has 0 fully saturated rings. The second-order valence-corrected chi connectivity index (χ2v) is 3.70. The minimum absolute atomic E-state index is 0.0336. The van der Waals surface area contributed by atoms with Gasteiger partial charge in [-0.15, -0.1) is 0 Å². The summed E-state index contributed by atoms with van der Waals surface area (Å²) in [4.78, 5) is 22.1. The highest BCUT2D eigenvalue weighted by atomic mass is 19.1. The van der Waals surface area contributed by atoms with Crippen LogP contribution < -0.4 is 0 Å². The number of hydrogen-bond acceptors (Lipinski definition) is 2. The molecule has 1 N–H and O–H groups in total. The third kappa shape index (κ3) is 3.46. The van der Waals surface area contributed by atoms with Crippen LogP contribution in [0.2, 0.25) is 0 Å². The Morgan fingerprint density at radius 2 is 1.88 bits per heavy atom. The zero-order valence-corrected chi connectivity index (χ0v) is 8.94. The predicted octanol–water partition coefficient (Wildman–Crippen LogP) is 2.51. The van der Waals surface area contributed by atoms with Gasteiger partial charge >= 0.3 is 5.97 Å². The zero-order chi connectivity index (χ0) is 12.1. The van der Waals surface area contributed by atoms with Gasteiger partial charge in [-0.25, -0.2) is 4.39 Å². The first-order chi connectivity index (χ1) is 7.50. The summed E-state index contributed by atoms with van der Waals surface area (Å²) in [5.41, 5.74) is 0.416. The summed E-state index contributed by atoms with van der Waals surface area (Å²) in [5.74, 6) is -1.82. The molecule has 0 spiro atoms. The van der Waals surface area contributed by atoms with Crippen LogP contribution >= 0.6 is 0 Å². The van der Waals surface area contributed by atoms with Crippen molar-refractivity contribution in [3.8, 4) is 0 Å². The minimum Gasteiger partial charge on any atom is -0.481 e. The van der Waals surface area contributed by atoms with E-state index in [0.717, 1.165) is 0 Å². The first kappa shape index (κ1) is 12.4.